The van der Waals surface area contributed by atoms with Crippen molar-refractivity contribution >= 4 is 47.8 Å². The van der Waals surface area contributed by atoms with Gasteiger partial charge >= 0.3 is 47.8 Å². The molecule has 0 aromatic rings. The average Bonchev–Trinajstić information content (AvgIpc) is 3.33. The van der Waals surface area contributed by atoms with Gasteiger partial charge in [0.15, 0.2) is 0 Å². The molecule has 0 aliphatic heterocycles. The first-order valence-corrected chi connectivity index (χ1v) is 26.8. The third-order valence-electron chi connectivity index (χ3n) is 11.0. The molecule has 69 heavy (non-hydrogen) atoms. The Morgan fingerprint density at radius 2 is 0.333 bits per heavy atom. The fraction of sp³-hybridized carbons (Fsp3) is 0.849. The summed E-state index contributed by atoms with van der Waals surface area (Å²) in [6.45, 7) is 6.96. The topological polar surface area (TPSA) is 210 Å². The monoisotopic (exact) mass is 985 g/mol. The molecule has 0 bridgehead atoms. The second-order valence-electron chi connectivity index (χ2n) is 17.6. The molecule has 0 amide bonds. The van der Waals surface area contributed by atoms with E-state index in [-0.39, 0.29) is 47.8 Å². The molecule has 0 rings (SSSR count). The number of hydrogen-bond acceptors (Lipinski definition) is 16. The van der Waals surface area contributed by atoms with Crippen molar-refractivity contribution in [3.8, 4) is 0 Å². The molecule has 0 atom stereocenters. The Morgan fingerprint density at radius 3 is 0.493 bits per heavy atom. The summed E-state index contributed by atoms with van der Waals surface area (Å²) >= 11 is 0. The van der Waals surface area contributed by atoms with Gasteiger partial charge in [0.25, 0.3) is 0 Å². The van der Waals surface area contributed by atoms with E-state index in [4.69, 9.17) is 37.9 Å². The molecular formula is C53H92O16. The minimum Gasteiger partial charge on any atom is -0.466 e. The number of esters is 8. The van der Waals surface area contributed by atoms with Gasteiger partial charge in [0.2, 0.25) is 0 Å². The largest absolute Gasteiger partial charge is 0.466 e. The molecule has 0 aliphatic carbocycles. The van der Waals surface area contributed by atoms with E-state index in [0.717, 1.165) is 103 Å². The van der Waals surface area contributed by atoms with E-state index < -0.39 is 0 Å². The van der Waals surface area contributed by atoms with Crippen molar-refractivity contribution < 1.29 is 76.3 Å². The SMILES string of the molecule is CCCCCCC(=O)OCCCCCC(=O)OCCCCCC(=O)OCCCCCC(=O)OCCCCCC(=O)OCCCCCC(=O)OCCCCCC(=O)OCCCCCC(=O)OCCCC. The lowest BCUT2D eigenvalue weighted by atomic mass is 10.1. The maximum absolute atomic E-state index is 12.0. The van der Waals surface area contributed by atoms with Crippen LogP contribution in [0.3, 0.4) is 0 Å². The molecule has 0 fully saturated rings. The first kappa shape index (κ1) is 64.8. The van der Waals surface area contributed by atoms with Crippen LogP contribution in [0.5, 0.6) is 0 Å². The maximum Gasteiger partial charge on any atom is 0.305 e. The summed E-state index contributed by atoms with van der Waals surface area (Å²) in [5, 5.41) is 0. The van der Waals surface area contributed by atoms with Crippen molar-refractivity contribution in [2.24, 2.45) is 0 Å². The molecule has 0 unspecified atom stereocenters. The summed E-state index contributed by atoms with van der Waals surface area (Å²) < 4.78 is 42.0. The first-order chi connectivity index (χ1) is 33.6. The number of rotatable bonds is 50. The molecule has 0 saturated heterocycles. The highest BCUT2D eigenvalue weighted by Gasteiger charge is 2.10. The second kappa shape index (κ2) is 50.2. The highest BCUT2D eigenvalue weighted by atomic mass is 16.6. The minimum atomic E-state index is -0.265. The van der Waals surface area contributed by atoms with Crippen LogP contribution in [-0.2, 0) is 76.3 Å². The van der Waals surface area contributed by atoms with Gasteiger partial charge in [-0.3, -0.25) is 38.4 Å². The van der Waals surface area contributed by atoms with Crippen molar-refractivity contribution in [2.45, 2.75) is 239 Å². The van der Waals surface area contributed by atoms with Crippen LogP contribution in [0.15, 0.2) is 0 Å². The van der Waals surface area contributed by atoms with Gasteiger partial charge in [-0.1, -0.05) is 39.5 Å². The first-order valence-electron chi connectivity index (χ1n) is 26.8. The molecule has 16 heteroatoms. The van der Waals surface area contributed by atoms with Crippen LogP contribution in [0.2, 0.25) is 0 Å². The van der Waals surface area contributed by atoms with Gasteiger partial charge < -0.3 is 37.9 Å². The van der Waals surface area contributed by atoms with E-state index in [1.54, 1.807) is 0 Å². The van der Waals surface area contributed by atoms with E-state index in [9.17, 15) is 38.4 Å². The van der Waals surface area contributed by atoms with E-state index in [1.807, 2.05) is 6.92 Å². The van der Waals surface area contributed by atoms with Crippen LogP contribution in [0.25, 0.3) is 0 Å². The third kappa shape index (κ3) is 50.0. The molecule has 0 heterocycles. The fourth-order valence-corrected chi connectivity index (χ4v) is 6.74. The van der Waals surface area contributed by atoms with Crippen molar-refractivity contribution in [3.05, 3.63) is 0 Å². The number of carbonyl (C=O) groups excluding carboxylic acids is 8. The van der Waals surface area contributed by atoms with E-state index in [1.165, 1.54) is 0 Å². The highest BCUT2D eigenvalue weighted by molar-refractivity contribution is 5.71. The van der Waals surface area contributed by atoms with Gasteiger partial charge in [0.05, 0.1) is 52.9 Å². The van der Waals surface area contributed by atoms with Crippen molar-refractivity contribution in [3.63, 3.8) is 0 Å². The van der Waals surface area contributed by atoms with Gasteiger partial charge in [-0.05, 0) is 148 Å². The minimum absolute atomic E-state index is 0.145. The van der Waals surface area contributed by atoms with E-state index in [2.05, 4.69) is 6.92 Å². The predicted octanol–water partition coefficient (Wildman–Crippen LogP) is 11.0. The van der Waals surface area contributed by atoms with Gasteiger partial charge in [-0.25, -0.2) is 0 Å². The summed E-state index contributed by atoms with van der Waals surface area (Å²) in [5.74, 6) is -1.83. The lowest BCUT2D eigenvalue weighted by Crippen LogP contribution is -2.08. The van der Waals surface area contributed by atoms with Gasteiger partial charge in [-0.2, -0.15) is 0 Å². The Hall–Kier alpha value is -4.24. The van der Waals surface area contributed by atoms with Crippen molar-refractivity contribution in [2.75, 3.05) is 52.9 Å². The maximum atomic E-state index is 12.0. The van der Waals surface area contributed by atoms with Crippen LogP contribution in [0.1, 0.15) is 239 Å². The third-order valence-corrected chi connectivity index (χ3v) is 11.0. The van der Waals surface area contributed by atoms with Gasteiger partial charge in [0, 0.05) is 51.4 Å². The van der Waals surface area contributed by atoms with E-state index in [0.29, 0.717) is 175 Å². The van der Waals surface area contributed by atoms with Crippen LogP contribution in [0, 0.1) is 0 Å². The average molecular weight is 985 g/mol. The normalized spacial score (nSPS) is 10.8. The van der Waals surface area contributed by atoms with Crippen molar-refractivity contribution in [1.29, 1.82) is 0 Å². The molecule has 0 N–H and O–H groups in total. The van der Waals surface area contributed by atoms with E-state index >= 15 is 0 Å². The number of unbranched alkanes of at least 4 members (excludes halogenated alkanes) is 18. The Labute approximate surface area is 414 Å². The van der Waals surface area contributed by atoms with Crippen LogP contribution in [0.4, 0.5) is 0 Å². The standard InChI is InChI=1S/C53H92O16/c1-3-5-7-15-30-47(55)63-39-24-9-17-32-49(57)65-41-26-11-19-34-51(59)67-43-28-13-21-36-53(61)69-45-29-14-22-37-52(60)68-44-27-12-20-35-50(58)66-42-25-10-18-33-48(56)64-40-23-8-16-31-46(54)62-38-6-4-2/h3-45H2,1-2H3. The molecule has 16 nitrogen and oxygen atoms in total. The summed E-state index contributed by atoms with van der Waals surface area (Å²) in [6, 6.07) is 0. The zero-order valence-corrected chi connectivity index (χ0v) is 42.9. The quantitative estimate of drug-likeness (QED) is 0.0315. The molecule has 0 aromatic heterocycles. The second-order valence-corrected chi connectivity index (χ2v) is 17.6. The fourth-order valence-electron chi connectivity index (χ4n) is 6.74. The van der Waals surface area contributed by atoms with Crippen molar-refractivity contribution in [1.82, 2.24) is 0 Å². The summed E-state index contributed by atoms with van der Waals surface area (Å²) in [5.41, 5.74) is 0. The Kier molecular flexibility index (Phi) is 47.1. The Bertz CT molecular complexity index is 1330. The zero-order valence-electron chi connectivity index (χ0n) is 42.9. The van der Waals surface area contributed by atoms with Crippen LogP contribution < -0.4 is 0 Å². The zero-order chi connectivity index (χ0) is 50.7. The number of carbonyl (C=O) groups is 8. The van der Waals surface area contributed by atoms with Crippen LogP contribution >= 0.6 is 0 Å². The molecular weight excluding hydrogens is 893 g/mol. The predicted molar refractivity (Wildman–Crippen MR) is 261 cm³/mol. The lowest BCUT2D eigenvalue weighted by Gasteiger charge is -2.07. The Morgan fingerprint density at radius 1 is 0.188 bits per heavy atom. The van der Waals surface area contributed by atoms with Crippen LogP contribution in [-0.4, -0.2) is 101 Å². The lowest BCUT2D eigenvalue weighted by molar-refractivity contribution is -0.146. The molecule has 0 spiro atoms. The smallest absolute Gasteiger partial charge is 0.305 e. The summed E-state index contributed by atoms with van der Waals surface area (Å²) in [6.07, 6.45) is 23.6. The summed E-state index contributed by atoms with van der Waals surface area (Å²) in [7, 11) is 0. The highest BCUT2D eigenvalue weighted by Crippen LogP contribution is 2.11. The molecule has 0 radical (unpaired) electrons. The summed E-state index contributed by atoms with van der Waals surface area (Å²) in [4.78, 5) is 95.1. The Balaban J connectivity index is 3.49. The molecule has 400 valence electrons. The number of ether oxygens (including phenoxy) is 8. The molecule has 0 saturated carbocycles. The van der Waals surface area contributed by atoms with Gasteiger partial charge in [0.1, 0.15) is 0 Å². The molecule has 0 aromatic carbocycles. The number of hydrogen-bond donors (Lipinski definition) is 0. The molecule has 0 aliphatic rings. The van der Waals surface area contributed by atoms with Gasteiger partial charge in [-0.15, -0.1) is 0 Å².